The minimum absolute atomic E-state index is 0.277. The summed E-state index contributed by atoms with van der Waals surface area (Å²) in [7, 11) is 0. The maximum absolute atomic E-state index is 9.11. The van der Waals surface area contributed by atoms with E-state index in [9.17, 15) is 0 Å². The fourth-order valence-corrected chi connectivity index (χ4v) is 2.85. The van der Waals surface area contributed by atoms with Gasteiger partial charge in [-0.25, -0.2) is 0 Å². The third-order valence-corrected chi connectivity index (χ3v) is 3.47. The molecule has 0 aromatic heterocycles. The first-order chi connectivity index (χ1) is 4.80. The first-order valence-electron chi connectivity index (χ1n) is 4.12. The largest absolute Gasteiger partial charge is 0.396 e. The van der Waals surface area contributed by atoms with Crippen molar-refractivity contribution < 1.29 is 5.11 Å². The molecule has 1 unspecified atom stereocenters. The summed E-state index contributed by atoms with van der Waals surface area (Å²) in [5, 5.41) is 9.11. The van der Waals surface area contributed by atoms with Gasteiger partial charge in [-0.05, 0) is 43.1 Å². The molecular formula is C8H15NO. The van der Waals surface area contributed by atoms with Gasteiger partial charge >= 0.3 is 0 Å². The number of rotatable bonds is 2. The van der Waals surface area contributed by atoms with Crippen molar-refractivity contribution in [3.8, 4) is 0 Å². The van der Waals surface area contributed by atoms with Crippen molar-refractivity contribution >= 4 is 0 Å². The minimum atomic E-state index is 0.277. The molecule has 0 spiro atoms. The van der Waals surface area contributed by atoms with E-state index in [-0.39, 0.29) is 5.41 Å². The molecule has 58 valence electrons. The summed E-state index contributed by atoms with van der Waals surface area (Å²) in [4.78, 5) is 0. The van der Waals surface area contributed by atoms with E-state index in [1.165, 1.54) is 19.3 Å². The molecular weight excluding hydrogens is 126 g/mol. The number of nitrogens with two attached hydrogens (primary N) is 1. The second-order valence-corrected chi connectivity index (χ2v) is 3.96. The molecule has 0 amide bonds. The maximum atomic E-state index is 9.11. The van der Waals surface area contributed by atoms with Gasteiger partial charge in [0.15, 0.2) is 0 Å². The molecule has 2 heteroatoms. The third-order valence-electron chi connectivity index (χ3n) is 3.47. The number of aliphatic hydroxyl groups excluding tert-OH is 1. The van der Waals surface area contributed by atoms with Gasteiger partial charge in [-0.3, -0.25) is 0 Å². The van der Waals surface area contributed by atoms with E-state index in [0.717, 1.165) is 12.5 Å². The van der Waals surface area contributed by atoms with Crippen molar-refractivity contribution in [2.24, 2.45) is 23.0 Å². The maximum Gasteiger partial charge on any atom is 0.0490 e. The SMILES string of the molecule is NCC1CC2CC1(CO)C2. The monoisotopic (exact) mass is 141 g/mol. The number of hydrogen-bond donors (Lipinski definition) is 2. The van der Waals surface area contributed by atoms with Gasteiger partial charge in [-0.1, -0.05) is 0 Å². The lowest BCUT2D eigenvalue weighted by Gasteiger charge is -2.39. The predicted octanol–water partition coefficient (Wildman–Crippen LogP) is 0.354. The Balaban J connectivity index is 2.10. The average Bonchev–Trinajstić information content (AvgIpc) is 2.37. The van der Waals surface area contributed by atoms with E-state index in [1.807, 2.05) is 0 Å². The Bertz CT molecular complexity index is 137. The molecule has 3 fully saturated rings. The van der Waals surface area contributed by atoms with Crippen molar-refractivity contribution in [3.05, 3.63) is 0 Å². The minimum Gasteiger partial charge on any atom is -0.396 e. The van der Waals surface area contributed by atoms with Crippen molar-refractivity contribution in [1.82, 2.24) is 0 Å². The predicted molar refractivity (Wildman–Crippen MR) is 39.4 cm³/mol. The molecule has 0 aromatic carbocycles. The highest BCUT2D eigenvalue weighted by Gasteiger charge is 2.55. The summed E-state index contributed by atoms with van der Waals surface area (Å²) in [5.41, 5.74) is 5.88. The van der Waals surface area contributed by atoms with E-state index in [1.54, 1.807) is 0 Å². The van der Waals surface area contributed by atoms with Crippen LogP contribution in [0.15, 0.2) is 0 Å². The molecule has 3 aliphatic rings. The highest BCUT2D eigenvalue weighted by molar-refractivity contribution is 5.06. The fourth-order valence-electron chi connectivity index (χ4n) is 2.85. The van der Waals surface area contributed by atoms with Gasteiger partial charge in [-0.2, -0.15) is 0 Å². The van der Waals surface area contributed by atoms with Crippen LogP contribution >= 0.6 is 0 Å². The van der Waals surface area contributed by atoms with Crippen LogP contribution in [-0.4, -0.2) is 18.3 Å². The van der Waals surface area contributed by atoms with Crippen LogP contribution in [0.5, 0.6) is 0 Å². The molecule has 3 saturated carbocycles. The van der Waals surface area contributed by atoms with Crippen LogP contribution in [0.25, 0.3) is 0 Å². The highest BCUT2D eigenvalue weighted by atomic mass is 16.3. The van der Waals surface area contributed by atoms with Crippen molar-refractivity contribution in [1.29, 1.82) is 0 Å². The molecule has 10 heavy (non-hydrogen) atoms. The summed E-state index contributed by atoms with van der Waals surface area (Å²) >= 11 is 0. The quantitative estimate of drug-likeness (QED) is 0.583. The summed E-state index contributed by atoms with van der Waals surface area (Å²) in [6, 6.07) is 0. The van der Waals surface area contributed by atoms with Gasteiger partial charge in [0.2, 0.25) is 0 Å². The molecule has 1 atom stereocenters. The summed E-state index contributed by atoms with van der Waals surface area (Å²) < 4.78 is 0. The first-order valence-corrected chi connectivity index (χ1v) is 4.12. The van der Waals surface area contributed by atoms with Gasteiger partial charge in [-0.15, -0.1) is 0 Å². The normalized spacial score (nSPS) is 51.0. The van der Waals surface area contributed by atoms with E-state index >= 15 is 0 Å². The van der Waals surface area contributed by atoms with E-state index in [0.29, 0.717) is 12.5 Å². The summed E-state index contributed by atoms with van der Waals surface area (Å²) in [6.07, 6.45) is 3.76. The van der Waals surface area contributed by atoms with Crippen molar-refractivity contribution in [3.63, 3.8) is 0 Å². The summed E-state index contributed by atoms with van der Waals surface area (Å²) in [6.45, 7) is 1.14. The van der Waals surface area contributed by atoms with Gasteiger partial charge in [0, 0.05) is 6.61 Å². The zero-order chi connectivity index (χ0) is 7.19. The molecule has 3 N–H and O–H groups in total. The van der Waals surface area contributed by atoms with Crippen LogP contribution < -0.4 is 5.73 Å². The molecule has 3 aliphatic carbocycles. The van der Waals surface area contributed by atoms with Gasteiger partial charge in [0.25, 0.3) is 0 Å². The second kappa shape index (κ2) is 1.95. The van der Waals surface area contributed by atoms with E-state index < -0.39 is 0 Å². The van der Waals surface area contributed by atoms with Crippen LogP contribution in [0.2, 0.25) is 0 Å². The first kappa shape index (κ1) is 6.62. The standard InChI is InChI=1S/C8H15NO/c9-4-7-1-6-2-8(7,3-6)5-10/h6-7,10H,1-5,9H2. The molecule has 0 aromatic rings. The van der Waals surface area contributed by atoms with Gasteiger partial charge in [0.05, 0.1) is 0 Å². The van der Waals surface area contributed by atoms with E-state index in [4.69, 9.17) is 10.8 Å². The van der Waals surface area contributed by atoms with E-state index in [2.05, 4.69) is 0 Å². The Labute approximate surface area is 61.4 Å². The molecule has 3 rings (SSSR count). The number of hydrogen-bond acceptors (Lipinski definition) is 2. The molecule has 0 aliphatic heterocycles. The molecule has 0 saturated heterocycles. The van der Waals surface area contributed by atoms with Crippen molar-refractivity contribution in [2.45, 2.75) is 19.3 Å². The highest BCUT2D eigenvalue weighted by Crippen LogP contribution is 2.61. The molecule has 0 heterocycles. The van der Waals surface area contributed by atoms with Crippen molar-refractivity contribution in [2.75, 3.05) is 13.2 Å². The Morgan fingerprint density at radius 2 is 2.20 bits per heavy atom. The molecule has 2 bridgehead atoms. The fraction of sp³-hybridized carbons (Fsp3) is 1.00. The lowest BCUT2D eigenvalue weighted by atomic mass is 9.67. The zero-order valence-electron chi connectivity index (χ0n) is 6.21. The topological polar surface area (TPSA) is 46.2 Å². The van der Waals surface area contributed by atoms with Crippen LogP contribution in [0.4, 0.5) is 0 Å². The lowest BCUT2D eigenvalue weighted by Crippen LogP contribution is -2.38. The third kappa shape index (κ3) is 0.611. The Morgan fingerprint density at radius 3 is 2.60 bits per heavy atom. The Morgan fingerprint density at radius 1 is 1.50 bits per heavy atom. The van der Waals surface area contributed by atoms with Crippen LogP contribution in [0, 0.1) is 17.3 Å². The Hall–Kier alpha value is -0.0800. The van der Waals surface area contributed by atoms with Crippen LogP contribution in [0.1, 0.15) is 19.3 Å². The molecule has 2 nitrogen and oxygen atoms in total. The zero-order valence-corrected chi connectivity index (χ0v) is 6.21. The van der Waals surface area contributed by atoms with Gasteiger partial charge < -0.3 is 10.8 Å². The summed E-state index contributed by atoms with van der Waals surface area (Å²) in [5.74, 6) is 1.53. The number of fused-ring (bicyclic) bond motifs is 1. The van der Waals surface area contributed by atoms with Gasteiger partial charge in [0.1, 0.15) is 0 Å². The average molecular weight is 141 g/mol. The van der Waals surface area contributed by atoms with Crippen LogP contribution in [0.3, 0.4) is 0 Å². The van der Waals surface area contributed by atoms with Crippen LogP contribution in [-0.2, 0) is 0 Å². The number of aliphatic hydroxyl groups is 1. The Kier molecular flexibility index (Phi) is 1.29. The lowest BCUT2D eigenvalue weighted by molar-refractivity contribution is 0.0287. The smallest absolute Gasteiger partial charge is 0.0490 e. The second-order valence-electron chi connectivity index (χ2n) is 3.96. The molecule has 0 radical (unpaired) electrons.